The number of fused-ring (bicyclic) bond motifs is 12. The van der Waals surface area contributed by atoms with Crippen molar-refractivity contribution in [1.82, 2.24) is 0 Å². The molecule has 1 fully saturated rings. The molecule has 0 aliphatic carbocycles. The van der Waals surface area contributed by atoms with E-state index in [1.807, 2.05) is 66.7 Å². The molecule has 0 spiro atoms. The summed E-state index contributed by atoms with van der Waals surface area (Å²) < 4.78 is 39.2. The quantitative estimate of drug-likeness (QED) is 0.122. The Morgan fingerprint density at radius 3 is 1.00 bits per heavy atom. The topological polar surface area (TPSA) is 86.9 Å². The lowest BCUT2D eigenvalue weighted by Crippen LogP contribution is -2.58. The van der Waals surface area contributed by atoms with Crippen LogP contribution in [0.3, 0.4) is 0 Å². The van der Waals surface area contributed by atoms with Crippen molar-refractivity contribution in [3.8, 4) is 102 Å². The fraction of sp³-hybridized carbons (Fsp3) is 0.0638. The van der Waals surface area contributed by atoms with Gasteiger partial charge >= 0.3 is 7.12 Å². The van der Waals surface area contributed by atoms with E-state index in [4.69, 9.17) is 28.3 Å². The third kappa shape index (κ3) is 11.0. The van der Waals surface area contributed by atoms with E-state index < -0.39 is 7.12 Å². The first kappa shape index (κ1) is 65.3. The predicted octanol–water partition coefficient (Wildman–Crippen LogP) is 19.7. The Labute approximate surface area is 620 Å². The van der Waals surface area contributed by atoms with E-state index in [2.05, 4.69) is 304 Å². The Balaban J connectivity index is 0.000000117. The largest absolute Gasteiger partial charge is 0.494 e. The van der Waals surface area contributed by atoms with Gasteiger partial charge < -0.3 is 33.7 Å². The molecular weight excluding hydrogens is 1350 g/mol. The third-order valence-electron chi connectivity index (χ3n) is 21.8. The van der Waals surface area contributed by atoms with Crippen LogP contribution in [-0.2, 0) is 9.31 Å². The summed E-state index contributed by atoms with van der Waals surface area (Å²) in [6.07, 6.45) is 0. The lowest BCUT2D eigenvalue weighted by molar-refractivity contribution is 0.00578. The van der Waals surface area contributed by atoms with Crippen LogP contribution in [0.5, 0.6) is 46.0 Å². The van der Waals surface area contributed by atoms with Gasteiger partial charge in [0.25, 0.3) is 13.4 Å². The highest BCUT2D eigenvalue weighted by Crippen LogP contribution is 2.49. The molecule has 105 heavy (non-hydrogen) atoms. The second-order valence-corrected chi connectivity index (χ2v) is 29.1. The highest BCUT2D eigenvalue weighted by molar-refractivity contribution is 9.10. The summed E-state index contributed by atoms with van der Waals surface area (Å²) >= 11 is 3.85. The van der Waals surface area contributed by atoms with Crippen molar-refractivity contribution in [2.45, 2.75) is 38.9 Å². The smallest absolute Gasteiger partial charge is 0.458 e. The fourth-order valence-electron chi connectivity index (χ4n) is 16.3. The van der Waals surface area contributed by atoms with E-state index in [-0.39, 0.29) is 30.1 Å². The Morgan fingerprint density at radius 1 is 0.257 bits per heavy atom. The first-order chi connectivity index (χ1) is 51.0. The molecule has 21 rings (SSSR count). The molecule has 16 aromatic carbocycles. The summed E-state index contributed by atoms with van der Waals surface area (Å²) in [5, 5.41) is 9.97. The van der Waals surface area contributed by atoms with Gasteiger partial charge in [-0.05, 0) is 218 Å². The number of para-hydroxylation sites is 2. The molecule has 16 aromatic rings. The van der Waals surface area contributed by atoms with Gasteiger partial charge in [0, 0.05) is 15.4 Å². The average Bonchev–Trinajstić information content (AvgIpc) is 0.964. The van der Waals surface area contributed by atoms with Crippen molar-refractivity contribution in [3.63, 3.8) is 0 Å². The Bertz CT molecular complexity index is 5980. The summed E-state index contributed by atoms with van der Waals surface area (Å²) in [7, 11) is -0.410. The molecule has 5 aliphatic rings. The van der Waals surface area contributed by atoms with Crippen LogP contribution in [0.4, 0.5) is 0 Å². The van der Waals surface area contributed by atoms with Gasteiger partial charge in [0.15, 0.2) is 0 Å². The monoisotopic (exact) mass is 1420 g/mol. The van der Waals surface area contributed by atoms with E-state index in [1.54, 1.807) is 0 Å². The number of hydrogen-bond donors (Lipinski definition) is 0. The SMILES string of the molecule is Brc1c2ccccc2c(-c2ccccc2-c2ccccc2)c2ccccc12.CC1(C)OB(c2ccc3c(c2)B2c4ccccc4Oc4cccc(c42)O3)OC1(C)C.O.c1ccc(-c2ccccc2-c2c3ccccc3c(-c3ccc4c(c3)B3c5ccccc5Oc5cccc(c53)O4)c3ccccc23)cc1. The van der Waals surface area contributed by atoms with Crippen LogP contribution in [0.2, 0.25) is 0 Å². The van der Waals surface area contributed by atoms with Gasteiger partial charge in [-0.3, -0.25) is 0 Å². The third-order valence-corrected chi connectivity index (χ3v) is 22.7. The van der Waals surface area contributed by atoms with Crippen LogP contribution in [0.15, 0.2) is 332 Å². The van der Waals surface area contributed by atoms with E-state index in [9.17, 15) is 0 Å². The van der Waals surface area contributed by atoms with Crippen LogP contribution in [0.1, 0.15) is 27.7 Å². The Kier molecular flexibility index (Phi) is 16.3. The molecule has 0 atom stereocenters. The van der Waals surface area contributed by atoms with Gasteiger partial charge in [0.05, 0.1) is 11.2 Å². The number of benzene rings is 16. The van der Waals surface area contributed by atoms with Crippen molar-refractivity contribution in [2.24, 2.45) is 0 Å². The molecule has 0 unspecified atom stereocenters. The fourth-order valence-corrected chi connectivity index (χ4v) is 17.0. The molecule has 0 saturated carbocycles. The second kappa shape index (κ2) is 26.2. The highest BCUT2D eigenvalue weighted by Gasteiger charge is 2.52. The minimum atomic E-state index is -0.410. The van der Waals surface area contributed by atoms with Gasteiger partial charge in [-0.25, -0.2) is 0 Å². The van der Waals surface area contributed by atoms with Crippen molar-refractivity contribution in [1.29, 1.82) is 0 Å². The van der Waals surface area contributed by atoms with E-state index in [0.29, 0.717) is 0 Å². The van der Waals surface area contributed by atoms with Gasteiger partial charge in [0.2, 0.25) is 0 Å². The normalized spacial score (nSPS) is 14.0. The zero-order chi connectivity index (χ0) is 69.8. The summed E-state index contributed by atoms with van der Waals surface area (Å²) in [5.41, 5.74) is 19.4. The zero-order valence-electron chi connectivity index (χ0n) is 58.2. The van der Waals surface area contributed by atoms with E-state index >= 15 is 0 Å². The number of halogens is 1. The molecule has 2 N–H and O–H groups in total. The maximum absolute atomic E-state index is 6.56. The molecule has 5 heterocycles. The predicted molar refractivity (Wildman–Crippen MR) is 439 cm³/mol. The number of hydrogen-bond acceptors (Lipinski definition) is 6. The number of rotatable bonds is 6. The van der Waals surface area contributed by atoms with Crippen molar-refractivity contribution in [3.05, 3.63) is 332 Å². The molecule has 5 aliphatic heterocycles. The first-order valence-corrected chi connectivity index (χ1v) is 36.4. The summed E-state index contributed by atoms with van der Waals surface area (Å²) in [6.45, 7) is 8.37. The van der Waals surface area contributed by atoms with Crippen LogP contribution in [-0.4, -0.2) is 37.2 Å². The Morgan fingerprint density at radius 2 is 0.571 bits per heavy atom. The molecule has 502 valence electrons. The van der Waals surface area contributed by atoms with Gasteiger partial charge in [0.1, 0.15) is 46.0 Å². The summed E-state index contributed by atoms with van der Waals surface area (Å²) in [6, 6.07) is 116. The van der Waals surface area contributed by atoms with Gasteiger partial charge in [-0.2, -0.15) is 0 Å². The summed E-state index contributed by atoms with van der Waals surface area (Å²) in [5.74, 6) is 6.97. The molecular formula is C94H68B3BrO7. The second-order valence-electron chi connectivity index (χ2n) is 28.3. The van der Waals surface area contributed by atoms with Crippen molar-refractivity contribution < 1.29 is 33.7 Å². The van der Waals surface area contributed by atoms with E-state index in [1.165, 1.54) is 98.7 Å². The minimum Gasteiger partial charge on any atom is -0.458 e. The number of ether oxygens (including phenoxy) is 4. The molecule has 1 saturated heterocycles. The molecule has 7 nitrogen and oxygen atoms in total. The standard InChI is InChI=1S/C44H27BO2.C26H17Br.C24H22B2O4.H2O/c1-2-13-28(14-3-1)30-15-4-5-16-31(30)43-34-19-8-6-17-32(34)42(33-18-7-9-20-35(33)43)29-25-26-39-37(27-29)45-36-21-10-11-22-38(36)46-40-23-12-24-41(47-39)44(40)45;27-26-23-16-8-6-14-21(23)25(22-15-7-9-17-24(22)26)20-13-5-4-12-19(20)18-10-2-1-3-11-18;1-23(2)24(3,4)30-26(29-23)15-12-13-19-17(14-15)25-16-8-5-6-9-18(16)27-20-10-7-11-21(28-19)22(20)25;/h1-27H;1-17H;5-14H,1-4H3;1H2. The molecule has 0 bridgehead atoms. The summed E-state index contributed by atoms with van der Waals surface area (Å²) in [4.78, 5) is 0. The van der Waals surface area contributed by atoms with Crippen LogP contribution in [0.25, 0.3) is 98.7 Å². The van der Waals surface area contributed by atoms with Gasteiger partial charge in [-0.1, -0.05) is 279 Å². The zero-order valence-corrected chi connectivity index (χ0v) is 59.8. The maximum atomic E-state index is 6.56. The highest BCUT2D eigenvalue weighted by atomic mass is 79.9. The van der Waals surface area contributed by atoms with Crippen molar-refractivity contribution >= 4 is 118 Å². The van der Waals surface area contributed by atoms with Crippen LogP contribution < -0.4 is 57.2 Å². The van der Waals surface area contributed by atoms with Crippen molar-refractivity contribution in [2.75, 3.05) is 0 Å². The lowest BCUT2D eigenvalue weighted by Gasteiger charge is -2.33. The molecule has 0 amide bonds. The Hall–Kier alpha value is -11.7. The lowest BCUT2D eigenvalue weighted by atomic mass is 9.34. The maximum Gasteiger partial charge on any atom is 0.494 e. The van der Waals surface area contributed by atoms with Crippen LogP contribution >= 0.6 is 15.9 Å². The average molecular weight is 1420 g/mol. The van der Waals surface area contributed by atoms with E-state index in [0.717, 1.165) is 88.7 Å². The first-order valence-electron chi connectivity index (χ1n) is 35.6. The van der Waals surface area contributed by atoms with Gasteiger partial charge in [-0.15, -0.1) is 0 Å². The van der Waals surface area contributed by atoms with Crippen LogP contribution in [0, 0.1) is 0 Å². The molecule has 0 radical (unpaired) electrons. The molecule has 11 heteroatoms. The molecule has 0 aromatic heterocycles. The minimum absolute atomic E-state index is 0.